The van der Waals surface area contributed by atoms with Gasteiger partial charge in [-0.25, -0.2) is 0 Å². The molecule has 0 unspecified atom stereocenters. The van der Waals surface area contributed by atoms with Crippen LogP contribution in [0.5, 0.6) is 0 Å². The molecule has 0 spiro atoms. The number of pyridine rings is 2. The van der Waals surface area contributed by atoms with Gasteiger partial charge >= 0.3 is 0 Å². The van der Waals surface area contributed by atoms with Crippen molar-refractivity contribution in [3.63, 3.8) is 0 Å². The molecular weight excluding hydrogens is 641 g/mol. The van der Waals surface area contributed by atoms with Crippen LogP contribution < -0.4 is 0 Å². The highest BCUT2D eigenvalue weighted by Gasteiger charge is 2.29. The fourth-order valence-electron chi connectivity index (χ4n) is 9.40. The van der Waals surface area contributed by atoms with E-state index in [1.54, 1.807) is 0 Å². The second-order valence-corrected chi connectivity index (χ2v) is 14.5. The number of benzene rings is 8. The molecule has 2 aliphatic rings. The molecule has 0 saturated carbocycles. The van der Waals surface area contributed by atoms with E-state index in [9.17, 15) is 0 Å². The van der Waals surface area contributed by atoms with Crippen LogP contribution in [0, 0.1) is 6.92 Å². The zero-order valence-corrected chi connectivity index (χ0v) is 29.0. The van der Waals surface area contributed by atoms with Gasteiger partial charge in [0.2, 0.25) is 0 Å². The van der Waals surface area contributed by atoms with Crippen molar-refractivity contribution in [3.05, 3.63) is 170 Å². The molecule has 8 aromatic carbocycles. The summed E-state index contributed by atoms with van der Waals surface area (Å²) < 4.78 is 0. The summed E-state index contributed by atoms with van der Waals surface area (Å²) in [6.07, 6.45) is 1.93. The van der Waals surface area contributed by atoms with Gasteiger partial charge in [-0.2, -0.15) is 0 Å². The SMILES string of the molecule is Cc1cc2c3c(ccc(-c4cc5c6ccc(-c7ccccc7)c7c6c(cc5c5ccc(-c6ccccc6)cc45)-c4ncccc4-7)c3n1)-c1ccccc1-2. The Balaban J connectivity index is 1.23. The molecule has 12 rings (SSSR count). The van der Waals surface area contributed by atoms with E-state index in [0.29, 0.717) is 0 Å². The predicted molar refractivity (Wildman–Crippen MR) is 222 cm³/mol. The zero-order chi connectivity index (χ0) is 34.8. The Morgan fingerprint density at radius 2 is 1.02 bits per heavy atom. The fraction of sp³-hybridized carbons (Fsp3) is 0.0196. The number of rotatable bonds is 3. The van der Waals surface area contributed by atoms with Gasteiger partial charge in [-0.05, 0) is 114 Å². The average molecular weight is 671 g/mol. The summed E-state index contributed by atoms with van der Waals surface area (Å²) in [4.78, 5) is 10.3. The first-order chi connectivity index (χ1) is 26.2. The lowest BCUT2D eigenvalue weighted by molar-refractivity contribution is 1.26. The predicted octanol–water partition coefficient (Wildman–Crippen LogP) is 13.7. The first-order valence-electron chi connectivity index (χ1n) is 18.3. The third kappa shape index (κ3) is 3.92. The highest BCUT2D eigenvalue weighted by Crippen LogP contribution is 2.54. The van der Waals surface area contributed by atoms with Crippen LogP contribution in [-0.2, 0) is 0 Å². The van der Waals surface area contributed by atoms with Crippen molar-refractivity contribution in [2.75, 3.05) is 0 Å². The number of aromatic nitrogens is 2. The van der Waals surface area contributed by atoms with Crippen molar-refractivity contribution >= 4 is 43.2 Å². The van der Waals surface area contributed by atoms with Crippen LogP contribution in [0.15, 0.2) is 164 Å². The lowest BCUT2D eigenvalue weighted by Crippen LogP contribution is -1.93. The number of hydrogen-bond acceptors (Lipinski definition) is 2. The molecular formula is C51H30N2. The van der Waals surface area contributed by atoms with Crippen LogP contribution in [-0.4, -0.2) is 9.97 Å². The maximum Gasteiger partial charge on any atom is 0.0796 e. The van der Waals surface area contributed by atoms with Crippen molar-refractivity contribution in [3.8, 4) is 78.0 Å². The van der Waals surface area contributed by atoms with Crippen molar-refractivity contribution < 1.29 is 0 Å². The van der Waals surface area contributed by atoms with Gasteiger partial charge in [-0.3, -0.25) is 9.97 Å². The third-order valence-electron chi connectivity index (χ3n) is 11.6. The van der Waals surface area contributed by atoms with Crippen LogP contribution in [0.2, 0.25) is 0 Å². The number of aryl methyl sites for hydroxylation is 1. The molecule has 0 amide bonds. The molecule has 0 atom stereocenters. The van der Waals surface area contributed by atoms with Gasteiger partial charge in [0.25, 0.3) is 0 Å². The summed E-state index contributed by atoms with van der Waals surface area (Å²) in [7, 11) is 0. The molecule has 0 bridgehead atoms. The van der Waals surface area contributed by atoms with Gasteiger partial charge in [0, 0.05) is 44.9 Å². The van der Waals surface area contributed by atoms with E-state index in [-0.39, 0.29) is 0 Å². The highest BCUT2D eigenvalue weighted by atomic mass is 14.7. The standard InChI is InChI=1S/C51H30N2/c1-29-25-45-35-16-9-8-15-34(35)37-22-23-39(51(53-29)49(37)45)44-27-43-38-21-20-33(31-13-6-3-7-14-31)47-40-17-10-24-52-50(40)46(48(38)47)28-42(43)36-19-18-32(26-41(36)44)30-11-4-2-5-12-30/h2-28H,1H3. The molecule has 2 heterocycles. The van der Waals surface area contributed by atoms with Crippen molar-refractivity contribution in [1.29, 1.82) is 0 Å². The Labute approximate surface area is 306 Å². The monoisotopic (exact) mass is 670 g/mol. The molecule has 0 fully saturated rings. The van der Waals surface area contributed by atoms with Crippen LogP contribution in [0.25, 0.3) is 121 Å². The smallest absolute Gasteiger partial charge is 0.0796 e. The zero-order valence-electron chi connectivity index (χ0n) is 29.0. The molecule has 0 aliphatic heterocycles. The van der Waals surface area contributed by atoms with E-state index in [2.05, 4.69) is 165 Å². The van der Waals surface area contributed by atoms with Crippen LogP contribution in [0.1, 0.15) is 5.69 Å². The minimum Gasteiger partial charge on any atom is -0.256 e. The first-order valence-corrected chi connectivity index (χ1v) is 18.3. The highest BCUT2D eigenvalue weighted by molar-refractivity contribution is 6.30. The molecule has 2 aliphatic carbocycles. The number of nitrogens with zero attached hydrogens (tertiary/aromatic N) is 2. The van der Waals surface area contributed by atoms with Crippen molar-refractivity contribution in [2.24, 2.45) is 0 Å². The molecule has 244 valence electrons. The maximum atomic E-state index is 5.33. The molecule has 53 heavy (non-hydrogen) atoms. The van der Waals surface area contributed by atoms with Crippen LogP contribution in [0.4, 0.5) is 0 Å². The van der Waals surface area contributed by atoms with Crippen molar-refractivity contribution in [1.82, 2.24) is 9.97 Å². The summed E-state index contributed by atoms with van der Waals surface area (Å²) >= 11 is 0. The van der Waals surface area contributed by atoms with Crippen LogP contribution >= 0.6 is 0 Å². The fourth-order valence-corrected chi connectivity index (χ4v) is 9.40. The summed E-state index contributed by atoms with van der Waals surface area (Å²) in [6.45, 7) is 2.13. The molecule has 0 radical (unpaired) electrons. The summed E-state index contributed by atoms with van der Waals surface area (Å²) in [5.41, 5.74) is 19.2. The second kappa shape index (κ2) is 10.6. The van der Waals surface area contributed by atoms with Gasteiger partial charge < -0.3 is 0 Å². The summed E-state index contributed by atoms with van der Waals surface area (Å²) in [5, 5.41) is 8.72. The van der Waals surface area contributed by atoms with E-state index < -0.39 is 0 Å². The van der Waals surface area contributed by atoms with Crippen molar-refractivity contribution in [2.45, 2.75) is 6.92 Å². The minimum atomic E-state index is 1.03. The van der Waals surface area contributed by atoms with Gasteiger partial charge in [-0.15, -0.1) is 0 Å². The molecule has 0 saturated heterocycles. The Morgan fingerprint density at radius 1 is 0.358 bits per heavy atom. The van der Waals surface area contributed by atoms with E-state index >= 15 is 0 Å². The first kappa shape index (κ1) is 28.8. The Kier molecular flexibility index (Phi) is 5.73. The lowest BCUT2D eigenvalue weighted by Gasteiger charge is -2.18. The van der Waals surface area contributed by atoms with Gasteiger partial charge in [0.05, 0.1) is 11.2 Å². The lowest BCUT2D eigenvalue weighted by atomic mass is 9.86. The largest absolute Gasteiger partial charge is 0.256 e. The van der Waals surface area contributed by atoms with E-state index in [1.165, 1.54) is 104 Å². The van der Waals surface area contributed by atoms with E-state index in [1.807, 2.05) is 6.20 Å². The molecule has 2 aromatic heterocycles. The quantitative estimate of drug-likeness (QED) is 0.175. The Morgan fingerprint density at radius 3 is 1.85 bits per heavy atom. The molecule has 10 aromatic rings. The van der Waals surface area contributed by atoms with Gasteiger partial charge in [0.1, 0.15) is 0 Å². The van der Waals surface area contributed by atoms with E-state index in [4.69, 9.17) is 9.97 Å². The maximum absolute atomic E-state index is 5.33. The Bertz CT molecular complexity index is 3210. The minimum absolute atomic E-state index is 1.03. The van der Waals surface area contributed by atoms with Gasteiger partial charge in [-0.1, -0.05) is 127 Å². The number of fused-ring (bicyclic) bond motifs is 10. The number of hydrogen-bond donors (Lipinski definition) is 0. The Hall–Kier alpha value is -6.90. The average Bonchev–Trinajstić information content (AvgIpc) is 3.72. The normalized spacial score (nSPS) is 12.2. The molecule has 2 heteroatoms. The molecule has 0 N–H and O–H groups in total. The second-order valence-electron chi connectivity index (χ2n) is 14.5. The van der Waals surface area contributed by atoms with E-state index in [0.717, 1.165) is 22.5 Å². The van der Waals surface area contributed by atoms with Crippen LogP contribution in [0.3, 0.4) is 0 Å². The molecule has 2 nitrogen and oxygen atoms in total. The third-order valence-corrected chi connectivity index (χ3v) is 11.6. The topological polar surface area (TPSA) is 25.8 Å². The summed E-state index contributed by atoms with van der Waals surface area (Å²) in [6, 6.07) is 58.0. The van der Waals surface area contributed by atoms with Gasteiger partial charge in [0.15, 0.2) is 0 Å². The summed E-state index contributed by atoms with van der Waals surface area (Å²) in [5.74, 6) is 0.